The van der Waals surface area contributed by atoms with Crippen molar-refractivity contribution in [3.05, 3.63) is 47.5 Å². The van der Waals surface area contributed by atoms with Crippen molar-refractivity contribution in [1.82, 2.24) is 0 Å². The van der Waals surface area contributed by atoms with Gasteiger partial charge in [0.1, 0.15) is 5.75 Å². The van der Waals surface area contributed by atoms with E-state index >= 15 is 0 Å². The Hall–Kier alpha value is -2.69. The average Bonchev–Trinajstić information content (AvgIpc) is 3.32. The third kappa shape index (κ3) is 2.77. The van der Waals surface area contributed by atoms with Crippen LogP contribution in [0.3, 0.4) is 0 Å². The number of nitrogens with one attached hydrogen (secondary N) is 1. The fourth-order valence-corrected chi connectivity index (χ4v) is 3.96. The molecule has 1 N–H and O–H groups in total. The number of hydrogen-bond donors (Lipinski definition) is 1. The van der Waals surface area contributed by atoms with E-state index in [1.165, 1.54) is 0 Å². The number of carbonyl (C=O) groups is 1. The maximum Gasteiger partial charge on any atom is 0.235 e. The van der Waals surface area contributed by atoms with Crippen molar-refractivity contribution >= 4 is 11.6 Å². The summed E-state index contributed by atoms with van der Waals surface area (Å²) in [7, 11) is 1.64. The van der Waals surface area contributed by atoms with Crippen LogP contribution in [-0.4, -0.2) is 19.8 Å². The number of methoxy groups -OCH3 is 1. The second kappa shape index (κ2) is 6.56. The lowest BCUT2D eigenvalue weighted by Gasteiger charge is -2.29. The molecule has 0 saturated heterocycles. The van der Waals surface area contributed by atoms with E-state index in [-0.39, 0.29) is 12.7 Å². The van der Waals surface area contributed by atoms with Gasteiger partial charge in [-0.2, -0.15) is 0 Å². The highest BCUT2D eigenvalue weighted by Gasteiger charge is 2.43. The fourth-order valence-electron chi connectivity index (χ4n) is 3.96. The lowest BCUT2D eigenvalue weighted by atomic mass is 9.77. The molecule has 1 aliphatic heterocycles. The molecule has 0 unspecified atom stereocenters. The Morgan fingerprint density at radius 1 is 1.08 bits per heavy atom. The van der Waals surface area contributed by atoms with Gasteiger partial charge in [-0.3, -0.25) is 4.79 Å². The molecule has 1 heterocycles. The molecule has 136 valence electrons. The van der Waals surface area contributed by atoms with Crippen molar-refractivity contribution in [1.29, 1.82) is 0 Å². The first-order chi connectivity index (χ1) is 12.6. The zero-order chi connectivity index (χ0) is 18.1. The van der Waals surface area contributed by atoms with Gasteiger partial charge in [-0.15, -0.1) is 0 Å². The van der Waals surface area contributed by atoms with Crippen LogP contribution < -0.4 is 19.5 Å². The lowest BCUT2D eigenvalue weighted by molar-refractivity contribution is -0.121. The summed E-state index contributed by atoms with van der Waals surface area (Å²) < 4.78 is 16.2. The molecule has 2 aromatic carbocycles. The zero-order valence-electron chi connectivity index (χ0n) is 15.1. The molecule has 0 radical (unpaired) electrons. The largest absolute Gasteiger partial charge is 0.497 e. The molecular weight excluding hydrogens is 330 g/mol. The average molecular weight is 353 g/mol. The highest BCUT2D eigenvalue weighted by atomic mass is 16.7. The summed E-state index contributed by atoms with van der Waals surface area (Å²) in [6.07, 6.45) is 3.77. The van der Waals surface area contributed by atoms with Gasteiger partial charge in [-0.05, 0) is 61.2 Å². The lowest BCUT2D eigenvalue weighted by Crippen LogP contribution is -2.38. The van der Waals surface area contributed by atoms with Crippen LogP contribution in [0.5, 0.6) is 17.2 Å². The molecule has 1 amide bonds. The van der Waals surface area contributed by atoms with Gasteiger partial charge in [0.15, 0.2) is 11.5 Å². The molecule has 5 nitrogen and oxygen atoms in total. The number of carbonyl (C=O) groups excluding carboxylic acids is 1. The summed E-state index contributed by atoms with van der Waals surface area (Å²) >= 11 is 0. The molecule has 1 saturated carbocycles. The molecule has 0 aromatic heterocycles. The van der Waals surface area contributed by atoms with Crippen molar-refractivity contribution in [3.63, 3.8) is 0 Å². The number of amides is 1. The first kappa shape index (κ1) is 16.8. The van der Waals surface area contributed by atoms with E-state index in [4.69, 9.17) is 14.2 Å². The Bertz CT molecular complexity index is 840. The third-order valence-corrected chi connectivity index (χ3v) is 5.50. The van der Waals surface area contributed by atoms with Crippen LogP contribution in [0.4, 0.5) is 5.69 Å². The molecule has 0 spiro atoms. The Kier molecular flexibility index (Phi) is 4.23. The van der Waals surface area contributed by atoms with Gasteiger partial charge in [-0.25, -0.2) is 0 Å². The second-order valence-electron chi connectivity index (χ2n) is 6.99. The van der Waals surface area contributed by atoms with E-state index in [1.807, 2.05) is 43.3 Å². The summed E-state index contributed by atoms with van der Waals surface area (Å²) in [6, 6.07) is 11.6. The summed E-state index contributed by atoms with van der Waals surface area (Å²) in [4.78, 5) is 13.3. The third-order valence-electron chi connectivity index (χ3n) is 5.50. The molecule has 2 aliphatic rings. The maximum atomic E-state index is 13.3. The first-order valence-electron chi connectivity index (χ1n) is 8.99. The Morgan fingerprint density at radius 2 is 1.85 bits per heavy atom. The molecule has 1 aliphatic carbocycles. The molecule has 5 heteroatoms. The van der Waals surface area contributed by atoms with Crippen LogP contribution >= 0.6 is 0 Å². The van der Waals surface area contributed by atoms with Gasteiger partial charge in [0.2, 0.25) is 12.7 Å². The first-order valence-corrected chi connectivity index (χ1v) is 8.99. The summed E-state index contributed by atoms with van der Waals surface area (Å²) in [5.74, 6) is 2.30. The monoisotopic (exact) mass is 353 g/mol. The van der Waals surface area contributed by atoms with Crippen molar-refractivity contribution in [3.8, 4) is 17.2 Å². The number of fused-ring (bicyclic) bond motifs is 1. The standard InChI is InChI=1S/C21H23NO4/c1-14-11-16(24-2)6-7-17(14)22-20(23)21(9-3-4-10-21)15-5-8-18-19(12-15)26-13-25-18/h5-8,11-12H,3-4,9-10,13H2,1-2H3,(H,22,23). The number of rotatable bonds is 4. The highest BCUT2D eigenvalue weighted by Crippen LogP contribution is 2.45. The van der Waals surface area contributed by atoms with E-state index in [2.05, 4.69) is 5.32 Å². The topological polar surface area (TPSA) is 56.8 Å². The van der Waals surface area contributed by atoms with E-state index < -0.39 is 5.41 Å². The zero-order valence-corrected chi connectivity index (χ0v) is 15.1. The summed E-state index contributed by atoms with van der Waals surface area (Å²) in [6.45, 7) is 2.21. The van der Waals surface area contributed by atoms with Crippen LogP contribution in [0.25, 0.3) is 0 Å². The van der Waals surface area contributed by atoms with Gasteiger partial charge >= 0.3 is 0 Å². The number of hydrogen-bond acceptors (Lipinski definition) is 4. The van der Waals surface area contributed by atoms with Crippen LogP contribution in [0.15, 0.2) is 36.4 Å². The van der Waals surface area contributed by atoms with Crippen LogP contribution in [-0.2, 0) is 10.2 Å². The Morgan fingerprint density at radius 3 is 2.58 bits per heavy atom. The molecule has 2 aromatic rings. The van der Waals surface area contributed by atoms with Gasteiger partial charge in [-0.1, -0.05) is 18.9 Å². The quantitative estimate of drug-likeness (QED) is 0.896. The molecule has 0 bridgehead atoms. The van der Waals surface area contributed by atoms with Crippen LogP contribution in [0.2, 0.25) is 0 Å². The van der Waals surface area contributed by atoms with Crippen molar-refractivity contribution < 1.29 is 19.0 Å². The summed E-state index contributed by atoms with van der Waals surface area (Å²) in [5, 5.41) is 3.14. The fraction of sp³-hybridized carbons (Fsp3) is 0.381. The Labute approximate surface area is 153 Å². The number of ether oxygens (including phenoxy) is 3. The van der Waals surface area contributed by atoms with Crippen LogP contribution in [0, 0.1) is 6.92 Å². The molecule has 4 rings (SSSR count). The van der Waals surface area contributed by atoms with Crippen molar-refractivity contribution in [2.45, 2.75) is 38.0 Å². The van der Waals surface area contributed by atoms with Gasteiger partial charge in [0.05, 0.1) is 12.5 Å². The van der Waals surface area contributed by atoms with Gasteiger partial charge in [0.25, 0.3) is 0 Å². The van der Waals surface area contributed by atoms with Gasteiger partial charge < -0.3 is 19.5 Å². The number of anilines is 1. The molecule has 26 heavy (non-hydrogen) atoms. The molecular formula is C21H23NO4. The second-order valence-corrected chi connectivity index (χ2v) is 6.99. The van der Waals surface area contributed by atoms with Gasteiger partial charge in [0, 0.05) is 5.69 Å². The minimum Gasteiger partial charge on any atom is -0.497 e. The minimum absolute atomic E-state index is 0.0436. The normalized spacial score (nSPS) is 17.2. The van der Waals surface area contributed by atoms with Crippen molar-refractivity contribution in [2.75, 3.05) is 19.2 Å². The maximum absolute atomic E-state index is 13.3. The predicted molar refractivity (Wildman–Crippen MR) is 99.1 cm³/mol. The minimum atomic E-state index is -0.520. The SMILES string of the molecule is COc1ccc(NC(=O)C2(c3ccc4c(c3)OCO4)CCCC2)c(C)c1. The number of aryl methyl sites for hydroxylation is 1. The van der Waals surface area contributed by atoms with E-state index in [0.29, 0.717) is 0 Å². The van der Waals surface area contributed by atoms with E-state index in [0.717, 1.165) is 59.7 Å². The van der Waals surface area contributed by atoms with E-state index in [1.54, 1.807) is 7.11 Å². The smallest absolute Gasteiger partial charge is 0.235 e. The van der Waals surface area contributed by atoms with Crippen molar-refractivity contribution in [2.24, 2.45) is 0 Å². The number of benzene rings is 2. The van der Waals surface area contributed by atoms with Crippen LogP contribution in [0.1, 0.15) is 36.8 Å². The summed E-state index contributed by atoms with van der Waals surface area (Å²) in [5.41, 5.74) is 2.29. The molecule has 0 atom stereocenters. The molecule has 1 fully saturated rings. The van der Waals surface area contributed by atoms with E-state index in [9.17, 15) is 4.79 Å². The Balaban J connectivity index is 1.65. The predicted octanol–water partition coefficient (Wildman–Crippen LogP) is 4.18. The highest BCUT2D eigenvalue weighted by molar-refractivity contribution is 6.00.